The van der Waals surface area contributed by atoms with Crippen LogP contribution in [-0.4, -0.2) is 54.1 Å². The fraction of sp³-hybridized carbons (Fsp3) is 0.571. The second kappa shape index (κ2) is 8.22. The third-order valence-electron chi connectivity index (χ3n) is 5.22. The van der Waals surface area contributed by atoms with E-state index in [0.717, 1.165) is 11.3 Å². The highest BCUT2D eigenvalue weighted by Crippen LogP contribution is 2.34. The molecule has 1 aromatic rings. The van der Waals surface area contributed by atoms with Gasteiger partial charge in [0.15, 0.2) is 0 Å². The monoisotopic (exact) mass is 421 g/mol. The highest BCUT2D eigenvalue weighted by atomic mass is 35.5. The van der Waals surface area contributed by atoms with Crippen molar-refractivity contribution in [3.05, 3.63) is 28.8 Å². The summed E-state index contributed by atoms with van der Waals surface area (Å²) in [7, 11) is 0. The number of piperidine rings is 1. The highest BCUT2D eigenvalue weighted by molar-refractivity contribution is 6.32. The van der Waals surface area contributed by atoms with Crippen LogP contribution in [0.1, 0.15) is 52.0 Å². The van der Waals surface area contributed by atoms with E-state index in [9.17, 15) is 14.4 Å². The number of halogens is 1. The first-order chi connectivity index (χ1) is 13.5. The Morgan fingerprint density at radius 3 is 2.55 bits per heavy atom. The molecule has 8 heteroatoms. The molecule has 2 heterocycles. The van der Waals surface area contributed by atoms with Gasteiger partial charge in [0.05, 0.1) is 5.92 Å². The zero-order valence-electron chi connectivity index (χ0n) is 17.3. The van der Waals surface area contributed by atoms with Crippen LogP contribution in [0.3, 0.4) is 0 Å². The summed E-state index contributed by atoms with van der Waals surface area (Å²) in [6.07, 6.45) is 0.490. The molecule has 3 rings (SSSR count). The Bertz CT molecular complexity index is 821. The van der Waals surface area contributed by atoms with Crippen molar-refractivity contribution >= 4 is 35.2 Å². The minimum Gasteiger partial charge on any atom is -0.444 e. The first-order valence-corrected chi connectivity index (χ1v) is 10.3. The van der Waals surface area contributed by atoms with E-state index in [1.54, 1.807) is 4.90 Å². The first-order valence-electron chi connectivity index (χ1n) is 9.93. The molecule has 0 bridgehead atoms. The molecule has 158 valence electrons. The van der Waals surface area contributed by atoms with Crippen molar-refractivity contribution in [2.24, 2.45) is 0 Å². The summed E-state index contributed by atoms with van der Waals surface area (Å²) in [5, 5.41) is 2.89. The number of hydrogen-bond donors (Lipinski definition) is 1. The minimum absolute atomic E-state index is 0.00723. The number of imide groups is 1. The summed E-state index contributed by atoms with van der Waals surface area (Å²) in [6, 6.07) is 5.66. The molecule has 1 aromatic carbocycles. The lowest BCUT2D eigenvalue weighted by molar-refractivity contribution is -0.134. The third-order valence-corrected chi connectivity index (χ3v) is 5.55. The zero-order valence-corrected chi connectivity index (χ0v) is 18.1. The topological polar surface area (TPSA) is 79.0 Å². The van der Waals surface area contributed by atoms with Crippen LogP contribution >= 0.6 is 11.6 Å². The number of benzene rings is 1. The Balaban J connectivity index is 1.68. The molecule has 3 amide bonds. The molecule has 2 aliphatic heterocycles. The number of rotatable bonds is 2. The van der Waals surface area contributed by atoms with Gasteiger partial charge >= 0.3 is 6.09 Å². The summed E-state index contributed by atoms with van der Waals surface area (Å²) in [5.74, 6) is -0.941. The fourth-order valence-electron chi connectivity index (χ4n) is 3.77. The number of hydrogen-bond acceptors (Lipinski definition) is 5. The molecule has 29 heavy (non-hydrogen) atoms. The van der Waals surface area contributed by atoms with Crippen molar-refractivity contribution in [2.75, 3.05) is 24.5 Å². The van der Waals surface area contributed by atoms with Crippen LogP contribution < -0.4 is 10.2 Å². The van der Waals surface area contributed by atoms with Gasteiger partial charge in [-0.2, -0.15) is 0 Å². The molecular weight excluding hydrogens is 394 g/mol. The summed E-state index contributed by atoms with van der Waals surface area (Å²) in [6.45, 7) is 9.45. The lowest BCUT2D eigenvalue weighted by Crippen LogP contribution is -2.55. The van der Waals surface area contributed by atoms with Crippen LogP contribution in [0.25, 0.3) is 0 Å². The summed E-state index contributed by atoms with van der Waals surface area (Å²) in [4.78, 5) is 39.8. The van der Waals surface area contributed by atoms with Crippen LogP contribution in [0.2, 0.25) is 5.02 Å². The molecule has 1 unspecified atom stereocenters. The number of piperazine rings is 1. The molecule has 2 atom stereocenters. The van der Waals surface area contributed by atoms with E-state index >= 15 is 0 Å². The maximum atomic E-state index is 12.4. The molecule has 0 radical (unpaired) electrons. The van der Waals surface area contributed by atoms with Gasteiger partial charge in [-0.1, -0.05) is 17.7 Å². The molecular formula is C21H28ClN3O4. The fourth-order valence-corrected chi connectivity index (χ4v) is 4.08. The molecule has 0 aromatic heterocycles. The second-order valence-electron chi connectivity index (χ2n) is 8.68. The van der Waals surface area contributed by atoms with Crippen LogP contribution in [0, 0.1) is 0 Å². The molecule has 2 aliphatic rings. The maximum Gasteiger partial charge on any atom is 0.410 e. The Morgan fingerprint density at radius 1 is 1.24 bits per heavy atom. The van der Waals surface area contributed by atoms with Crippen LogP contribution in [-0.2, 0) is 14.3 Å². The number of ether oxygens (including phenoxy) is 1. The molecule has 0 saturated carbocycles. The van der Waals surface area contributed by atoms with Gasteiger partial charge in [-0.05, 0) is 51.8 Å². The van der Waals surface area contributed by atoms with E-state index in [0.29, 0.717) is 37.5 Å². The Hall–Kier alpha value is -2.28. The molecule has 2 saturated heterocycles. The highest BCUT2D eigenvalue weighted by Gasteiger charge is 2.32. The van der Waals surface area contributed by atoms with Crippen molar-refractivity contribution in [1.29, 1.82) is 0 Å². The van der Waals surface area contributed by atoms with Gasteiger partial charge in [0.1, 0.15) is 5.60 Å². The number of carbonyl (C=O) groups is 3. The SMILES string of the molecule is C[C@H]1CN(c2ccc(C3CCC(=O)NC3=O)c(Cl)c2)CCN1C(=O)OC(C)(C)C. The van der Waals surface area contributed by atoms with E-state index in [1.165, 1.54) is 0 Å². The van der Waals surface area contributed by atoms with Crippen molar-refractivity contribution in [2.45, 2.75) is 58.1 Å². The normalized spacial score (nSPS) is 23.1. The van der Waals surface area contributed by atoms with Crippen molar-refractivity contribution in [3.63, 3.8) is 0 Å². The van der Waals surface area contributed by atoms with Gasteiger partial charge in [-0.15, -0.1) is 0 Å². The summed E-state index contributed by atoms with van der Waals surface area (Å²) >= 11 is 6.50. The summed E-state index contributed by atoms with van der Waals surface area (Å²) < 4.78 is 5.49. The maximum absolute atomic E-state index is 12.4. The number of nitrogens with one attached hydrogen (secondary N) is 1. The molecule has 0 aliphatic carbocycles. The smallest absolute Gasteiger partial charge is 0.410 e. The van der Waals surface area contributed by atoms with Crippen LogP contribution in [0.15, 0.2) is 18.2 Å². The van der Waals surface area contributed by atoms with Gasteiger partial charge in [0.2, 0.25) is 11.8 Å². The lowest BCUT2D eigenvalue weighted by atomic mass is 9.90. The minimum atomic E-state index is -0.521. The molecule has 2 fully saturated rings. The Kier molecular flexibility index (Phi) is 6.08. The third kappa shape index (κ3) is 5.01. The molecule has 7 nitrogen and oxygen atoms in total. The predicted molar refractivity (Wildman–Crippen MR) is 111 cm³/mol. The van der Waals surface area contributed by atoms with E-state index in [-0.39, 0.29) is 23.9 Å². The van der Waals surface area contributed by atoms with E-state index in [1.807, 2.05) is 45.9 Å². The van der Waals surface area contributed by atoms with Crippen LogP contribution in [0.4, 0.5) is 10.5 Å². The average Bonchev–Trinajstić information content (AvgIpc) is 2.60. The number of anilines is 1. The quantitative estimate of drug-likeness (QED) is 0.741. The van der Waals surface area contributed by atoms with Gasteiger partial charge in [-0.3, -0.25) is 14.9 Å². The largest absolute Gasteiger partial charge is 0.444 e. The molecule has 1 N–H and O–H groups in total. The number of nitrogens with zero attached hydrogens (tertiary/aromatic N) is 2. The van der Waals surface area contributed by atoms with Crippen LogP contribution in [0.5, 0.6) is 0 Å². The van der Waals surface area contributed by atoms with Gasteiger partial charge in [-0.25, -0.2) is 4.79 Å². The number of amides is 3. The predicted octanol–water partition coefficient (Wildman–Crippen LogP) is 3.31. The Morgan fingerprint density at radius 2 is 1.97 bits per heavy atom. The van der Waals surface area contributed by atoms with E-state index in [4.69, 9.17) is 16.3 Å². The van der Waals surface area contributed by atoms with Gasteiger partial charge in [0, 0.05) is 42.8 Å². The molecule has 0 spiro atoms. The average molecular weight is 422 g/mol. The first kappa shape index (κ1) is 21.4. The lowest BCUT2D eigenvalue weighted by Gasteiger charge is -2.41. The number of carbonyl (C=O) groups excluding carboxylic acids is 3. The Labute approximate surface area is 176 Å². The van der Waals surface area contributed by atoms with Crippen molar-refractivity contribution < 1.29 is 19.1 Å². The van der Waals surface area contributed by atoms with E-state index < -0.39 is 11.5 Å². The van der Waals surface area contributed by atoms with Crippen molar-refractivity contribution in [1.82, 2.24) is 10.2 Å². The standard InChI is InChI=1S/C21H28ClN3O4/c1-13-12-24(9-10-25(13)20(28)29-21(2,3)4)14-5-6-15(17(22)11-14)16-7-8-18(26)23-19(16)27/h5-6,11,13,16H,7-10,12H2,1-4H3,(H,23,26,27)/t13-,16?/m0/s1. The zero-order chi connectivity index (χ0) is 21.3. The second-order valence-corrected chi connectivity index (χ2v) is 9.09. The van der Waals surface area contributed by atoms with E-state index in [2.05, 4.69) is 10.2 Å². The summed E-state index contributed by atoms with van der Waals surface area (Å²) in [5.41, 5.74) is 1.16. The van der Waals surface area contributed by atoms with Gasteiger partial charge < -0.3 is 14.5 Å². The van der Waals surface area contributed by atoms with Gasteiger partial charge in [0.25, 0.3) is 0 Å². The van der Waals surface area contributed by atoms with Crippen molar-refractivity contribution in [3.8, 4) is 0 Å².